The third-order valence-corrected chi connectivity index (χ3v) is 6.04. The van der Waals surface area contributed by atoms with E-state index in [1.165, 1.54) is 11.8 Å². The van der Waals surface area contributed by atoms with E-state index in [1.54, 1.807) is 19.2 Å². The average molecular weight is 392 g/mol. The molecule has 26 heavy (non-hydrogen) atoms. The summed E-state index contributed by atoms with van der Waals surface area (Å²) in [5, 5.41) is 7.59. The van der Waals surface area contributed by atoms with Crippen LogP contribution in [0.25, 0.3) is 0 Å². The summed E-state index contributed by atoms with van der Waals surface area (Å²) in [5.74, 6) is 0.297. The van der Waals surface area contributed by atoms with Crippen LogP contribution in [0, 0.1) is 12.8 Å². The van der Waals surface area contributed by atoms with E-state index in [0.29, 0.717) is 41.7 Å². The number of hydrogen-bond acceptors (Lipinski definition) is 7. The summed E-state index contributed by atoms with van der Waals surface area (Å²) in [6.45, 7) is 3.79. The van der Waals surface area contributed by atoms with Crippen LogP contribution >= 0.6 is 23.3 Å². The number of piperidine rings is 1. The first kappa shape index (κ1) is 18.8. The predicted molar refractivity (Wildman–Crippen MR) is 102 cm³/mol. The van der Waals surface area contributed by atoms with Crippen molar-refractivity contribution in [3.63, 3.8) is 0 Å². The Hall–Kier alpha value is -2.00. The molecule has 0 saturated carbocycles. The van der Waals surface area contributed by atoms with Crippen molar-refractivity contribution in [2.24, 2.45) is 5.92 Å². The minimum Gasteiger partial charge on any atom is -0.351 e. The van der Waals surface area contributed by atoms with Crippen molar-refractivity contribution in [1.29, 1.82) is 0 Å². The fourth-order valence-corrected chi connectivity index (χ4v) is 4.10. The molecular weight excluding hydrogens is 370 g/mol. The molecule has 1 saturated heterocycles. The minimum absolute atomic E-state index is 0.0382. The molecule has 1 aliphatic rings. The van der Waals surface area contributed by atoms with E-state index in [9.17, 15) is 9.59 Å². The Morgan fingerprint density at radius 2 is 2.15 bits per heavy atom. The maximum absolute atomic E-state index is 12.7. The zero-order chi connectivity index (χ0) is 18.5. The molecule has 0 atom stereocenters. The number of hydrogen-bond donors (Lipinski definition) is 1. The molecule has 2 amide bonds. The van der Waals surface area contributed by atoms with Crippen molar-refractivity contribution in [2.75, 3.05) is 25.9 Å². The second kappa shape index (κ2) is 8.59. The predicted octanol–water partition coefficient (Wildman–Crippen LogP) is 2.25. The average Bonchev–Trinajstić information content (AvgIpc) is 3.12. The third kappa shape index (κ3) is 4.21. The van der Waals surface area contributed by atoms with Gasteiger partial charge in [-0.1, -0.05) is 4.49 Å². The molecule has 0 spiro atoms. The smallest absolute Gasteiger partial charge is 0.264 e. The Morgan fingerprint density at radius 1 is 1.38 bits per heavy atom. The Morgan fingerprint density at radius 3 is 2.81 bits per heavy atom. The second-order valence-electron chi connectivity index (χ2n) is 6.19. The Labute approximate surface area is 160 Å². The lowest BCUT2D eigenvalue weighted by Gasteiger charge is -2.32. The highest BCUT2D eigenvalue weighted by atomic mass is 32.2. The summed E-state index contributed by atoms with van der Waals surface area (Å²) in [6, 6.07) is 3.63. The van der Waals surface area contributed by atoms with Crippen molar-refractivity contribution in [1.82, 2.24) is 24.8 Å². The van der Waals surface area contributed by atoms with E-state index >= 15 is 0 Å². The largest absolute Gasteiger partial charge is 0.351 e. The fourth-order valence-electron chi connectivity index (χ4n) is 2.98. The topological polar surface area (TPSA) is 88.1 Å². The summed E-state index contributed by atoms with van der Waals surface area (Å²) in [4.78, 5) is 31.6. The summed E-state index contributed by atoms with van der Waals surface area (Å²) in [7, 11) is 0. The van der Waals surface area contributed by atoms with Gasteiger partial charge in [-0.25, -0.2) is 4.98 Å². The lowest BCUT2D eigenvalue weighted by molar-refractivity contribution is 0.0680. The molecule has 7 nitrogen and oxygen atoms in total. The number of aryl methyl sites for hydroxylation is 1. The number of thioether (sulfide) groups is 1. The summed E-state index contributed by atoms with van der Waals surface area (Å²) >= 11 is 2.60. The van der Waals surface area contributed by atoms with E-state index in [4.69, 9.17) is 0 Å². The highest BCUT2D eigenvalue weighted by Gasteiger charge is 2.26. The number of carbonyl (C=O) groups is 2. The van der Waals surface area contributed by atoms with Gasteiger partial charge in [-0.3, -0.25) is 9.59 Å². The summed E-state index contributed by atoms with van der Waals surface area (Å²) in [5.41, 5.74) is 1.33. The molecule has 2 aromatic rings. The van der Waals surface area contributed by atoms with Crippen molar-refractivity contribution < 1.29 is 9.59 Å². The van der Waals surface area contributed by atoms with Gasteiger partial charge in [0.1, 0.15) is 9.90 Å². The first-order valence-corrected chi connectivity index (χ1v) is 10.5. The standard InChI is InChI=1S/C17H21N5O2S2/c1-11-14(26-21-20-11)15(23)19-10-12-5-8-22(9-6-12)17(24)13-4-3-7-18-16(13)25-2/h3-4,7,12H,5-6,8-10H2,1-2H3,(H,19,23). The lowest BCUT2D eigenvalue weighted by atomic mass is 9.96. The molecule has 0 radical (unpaired) electrons. The van der Waals surface area contributed by atoms with Gasteiger partial charge in [-0.15, -0.1) is 16.9 Å². The highest BCUT2D eigenvalue weighted by molar-refractivity contribution is 7.98. The van der Waals surface area contributed by atoms with E-state index in [1.807, 2.05) is 17.2 Å². The van der Waals surface area contributed by atoms with Gasteiger partial charge in [0.2, 0.25) is 0 Å². The highest BCUT2D eigenvalue weighted by Crippen LogP contribution is 2.23. The zero-order valence-corrected chi connectivity index (χ0v) is 16.4. The van der Waals surface area contributed by atoms with Gasteiger partial charge in [0, 0.05) is 25.8 Å². The molecule has 1 N–H and O–H groups in total. The van der Waals surface area contributed by atoms with Gasteiger partial charge in [-0.2, -0.15) is 0 Å². The van der Waals surface area contributed by atoms with Crippen LogP contribution in [0.4, 0.5) is 0 Å². The SMILES string of the molecule is CSc1ncccc1C(=O)N1CCC(CNC(=O)c2snnc2C)CC1. The molecule has 9 heteroatoms. The van der Waals surface area contributed by atoms with Crippen LogP contribution in [0.5, 0.6) is 0 Å². The molecular formula is C17H21N5O2S2. The van der Waals surface area contributed by atoms with Crippen LogP contribution in [0.15, 0.2) is 23.4 Å². The molecule has 0 unspecified atom stereocenters. The number of carbonyl (C=O) groups excluding carboxylic acids is 2. The number of nitrogens with one attached hydrogen (secondary N) is 1. The summed E-state index contributed by atoms with van der Waals surface area (Å²) in [6.07, 6.45) is 5.38. The first-order valence-electron chi connectivity index (χ1n) is 8.45. The van der Waals surface area contributed by atoms with Crippen molar-refractivity contribution >= 4 is 35.1 Å². The number of amides is 2. The van der Waals surface area contributed by atoms with Gasteiger partial charge in [0.15, 0.2) is 0 Å². The first-order chi connectivity index (χ1) is 12.6. The maximum atomic E-state index is 12.7. The Kier molecular flexibility index (Phi) is 6.20. The van der Waals surface area contributed by atoms with E-state index in [2.05, 4.69) is 19.9 Å². The van der Waals surface area contributed by atoms with Crippen LogP contribution in [-0.4, -0.2) is 57.2 Å². The Balaban J connectivity index is 1.50. The van der Waals surface area contributed by atoms with Crippen LogP contribution in [0.2, 0.25) is 0 Å². The van der Waals surface area contributed by atoms with Crippen LogP contribution < -0.4 is 5.32 Å². The van der Waals surface area contributed by atoms with Gasteiger partial charge in [-0.05, 0) is 55.6 Å². The molecule has 3 rings (SSSR count). The lowest BCUT2D eigenvalue weighted by Crippen LogP contribution is -2.41. The van der Waals surface area contributed by atoms with E-state index < -0.39 is 0 Å². The fraction of sp³-hybridized carbons (Fsp3) is 0.471. The molecule has 1 aliphatic heterocycles. The quantitative estimate of drug-likeness (QED) is 0.787. The van der Waals surface area contributed by atoms with E-state index in [0.717, 1.165) is 29.4 Å². The van der Waals surface area contributed by atoms with Crippen molar-refractivity contribution in [2.45, 2.75) is 24.8 Å². The van der Waals surface area contributed by atoms with Crippen LogP contribution in [0.1, 0.15) is 38.6 Å². The molecule has 0 aliphatic carbocycles. The molecule has 0 bridgehead atoms. The number of likely N-dealkylation sites (tertiary alicyclic amines) is 1. The van der Waals surface area contributed by atoms with E-state index in [-0.39, 0.29) is 11.8 Å². The maximum Gasteiger partial charge on any atom is 0.264 e. The van der Waals surface area contributed by atoms with Gasteiger partial charge < -0.3 is 10.2 Å². The second-order valence-corrected chi connectivity index (χ2v) is 7.74. The molecule has 2 aromatic heterocycles. The van der Waals surface area contributed by atoms with Crippen molar-refractivity contribution in [3.05, 3.63) is 34.5 Å². The van der Waals surface area contributed by atoms with Crippen LogP contribution in [-0.2, 0) is 0 Å². The number of pyridine rings is 1. The number of nitrogens with zero attached hydrogens (tertiary/aromatic N) is 4. The minimum atomic E-state index is -0.115. The molecule has 138 valence electrons. The summed E-state index contributed by atoms with van der Waals surface area (Å²) < 4.78 is 3.79. The van der Waals surface area contributed by atoms with Crippen LogP contribution in [0.3, 0.4) is 0 Å². The Bertz CT molecular complexity index is 787. The third-order valence-electron chi connectivity index (χ3n) is 4.51. The van der Waals surface area contributed by atoms with Gasteiger partial charge in [0.05, 0.1) is 11.3 Å². The number of rotatable bonds is 5. The monoisotopic (exact) mass is 391 g/mol. The van der Waals surface area contributed by atoms with Gasteiger partial charge >= 0.3 is 0 Å². The normalized spacial score (nSPS) is 15.1. The number of aromatic nitrogens is 3. The molecule has 1 fully saturated rings. The van der Waals surface area contributed by atoms with Crippen molar-refractivity contribution in [3.8, 4) is 0 Å². The van der Waals surface area contributed by atoms with Gasteiger partial charge in [0.25, 0.3) is 11.8 Å². The molecule has 0 aromatic carbocycles. The zero-order valence-electron chi connectivity index (χ0n) is 14.8. The molecule has 3 heterocycles.